The third-order valence-corrected chi connectivity index (χ3v) is 5.44. The first-order valence-corrected chi connectivity index (χ1v) is 11.0. The zero-order chi connectivity index (χ0) is 24.2. The molecule has 0 radical (unpaired) electrons. The van der Waals surface area contributed by atoms with Crippen molar-refractivity contribution in [1.29, 1.82) is 0 Å². The van der Waals surface area contributed by atoms with Crippen LogP contribution in [-0.2, 0) is 11.0 Å². The normalized spacial score (nSPS) is 11.8. The largest absolute Gasteiger partial charge is 0.478 e. The van der Waals surface area contributed by atoms with Crippen molar-refractivity contribution >= 4 is 53.1 Å². The molecule has 3 rings (SSSR count). The van der Waals surface area contributed by atoms with Crippen molar-refractivity contribution in [3.05, 3.63) is 82.5 Å². The Bertz CT molecular complexity index is 1230. The number of aromatic carboxylic acids is 1. The predicted molar refractivity (Wildman–Crippen MR) is 125 cm³/mol. The maximum atomic E-state index is 13.1. The Morgan fingerprint density at radius 3 is 2.45 bits per heavy atom. The summed E-state index contributed by atoms with van der Waals surface area (Å²) in [7, 11) is 0. The number of carboxylic acids is 1. The molecule has 10 heteroatoms. The third kappa shape index (κ3) is 5.71. The maximum absolute atomic E-state index is 13.1. The predicted octanol–water partition coefficient (Wildman–Crippen LogP) is 6.36. The van der Waals surface area contributed by atoms with Crippen molar-refractivity contribution in [1.82, 2.24) is 0 Å². The molecule has 0 aliphatic carbocycles. The van der Waals surface area contributed by atoms with E-state index in [9.17, 15) is 22.8 Å². The fraction of sp³-hybridized carbons (Fsp3) is 0.0870. The van der Waals surface area contributed by atoms with Gasteiger partial charge in [-0.3, -0.25) is 9.69 Å². The van der Waals surface area contributed by atoms with Gasteiger partial charge in [0, 0.05) is 5.56 Å². The smallest absolute Gasteiger partial charge is 0.416 e. The van der Waals surface area contributed by atoms with Crippen LogP contribution in [0.25, 0.3) is 17.4 Å². The van der Waals surface area contributed by atoms with E-state index < -0.39 is 23.6 Å². The van der Waals surface area contributed by atoms with Crippen LogP contribution in [0.3, 0.4) is 0 Å². The van der Waals surface area contributed by atoms with Gasteiger partial charge in [0.25, 0.3) is 5.91 Å². The van der Waals surface area contributed by atoms with Crippen molar-refractivity contribution < 1.29 is 32.3 Å². The van der Waals surface area contributed by atoms with Crippen molar-refractivity contribution in [3.8, 4) is 11.3 Å². The van der Waals surface area contributed by atoms with Gasteiger partial charge >= 0.3 is 12.1 Å². The lowest BCUT2D eigenvalue weighted by atomic mass is 10.1. The maximum Gasteiger partial charge on any atom is 0.416 e. The number of furan rings is 1. The number of hydrogen-bond donors (Lipinski definition) is 1. The zero-order valence-electron chi connectivity index (χ0n) is 17.0. The minimum Gasteiger partial charge on any atom is -0.478 e. The second-order valence-electron chi connectivity index (χ2n) is 6.63. The molecule has 1 heterocycles. The van der Waals surface area contributed by atoms with Crippen molar-refractivity contribution in [2.45, 2.75) is 6.18 Å². The summed E-state index contributed by atoms with van der Waals surface area (Å²) in [6.07, 6.45) is -1.48. The highest BCUT2D eigenvalue weighted by Crippen LogP contribution is 2.32. The Balaban J connectivity index is 1.90. The fourth-order valence-electron chi connectivity index (χ4n) is 2.91. The number of alkyl halides is 3. The Morgan fingerprint density at radius 2 is 1.82 bits per heavy atom. The highest BCUT2D eigenvalue weighted by Gasteiger charge is 2.31. The number of benzene rings is 2. The van der Waals surface area contributed by atoms with Gasteiger partial charge in [-0.05, 0) is 54.8 Å². The topological polar surface area (TPSA) is 70.7 Å². The molecule has 0 atom stereocenters. The average Bonchev–Trinajstić information content (AvgIpc) is 3.26. The number of hydrogen-bond acceptors (Lipinski definition) is 5. The molecule has 0 spiro atoms. The van der Waals surface area contributed by atoms with Gasteiger partial charge in [-0.25, -0.2) is 4.79 Å². The Morgan fingerprint density at radius 1 is 1.09 bits per heavy atom. The zero-order valence-corrected chi connectivity index (χ0v) is 18.6. The van der Waals surface area contributed by atoms with E-state index in [1.165, 1.54) is 30.3 Å². The summed E-state index contributed by atoms with van der Waals surface area (Å²) in [4.78, 5) is 25.3. The fourth-order valence-corrected chi connectivity index (χ4v) is 3.63. The second kappa shape index (κ2) is 10.1. The van der Waals surface area contributed by atoms with Gasteiger partial charge in [0.2, 0.25) is 0 Å². The number of amides is 1. The lowest BCUT2D eigenvalue weighted by Crippen LogP contribution is -2.29. The van der Waals surface area contributed by atoms with E-state index in [1.54, 1.807) is 30.5 Å². The van der Waals surface area contributed by atoms with Crippen molar-refractivity contribution in [3.63, 3.8) is 0 Å². The molecule has 0 unspecified atom stereocenters. The molecule has 5 nitrogen and oxygen atoms in total. The van der Waals surface area contributed by atoms with E-state index >= 15 is 0 Å². The Hall–Kier alpha value is -3.37. The summed E-state index contributed by atoms with van der Waals surface area (Å²) in [6.45, 7) is 0. The van der Waals surface area contributed by atoms with Crippen LogP contribution >= 0.6 is 24.0 Å². The molecule has 1 amide bonds. The first kappa shape index (κ1) is 24.3. The highest BCUT2D eigenvalue weighted by molar-refractivity contribution is 8.03. The minimum absolute atomic E-state index is 0.0182. The van der Waals surface area contributed by atoms with Crippen LogP contribution in [-0.4, -0.2) is 28.7 Å². The van der Waals surface area contributed by atoms with Crippen molar-refractivity contribution in [2.75, 3.05) is 11.2 Å². The van der Waals surface area contributed by atoms with Crippen LogP contribution in [0.15, 0.2) is 70.0 Å². The molecular formula is C23H16F3NO4S2. The number of thioether (sulfide) groups is 1. The van der Waals surface area contributed by atoms with Crippen molar-refractivity contribution in [2.24, 2.45) is 0 Å². The van der Waals surface area contributed by atoms with Crippen LogP contribution in [0.1, 0.15) is 21.7 Å². The lowest BCUT2D eigenvalue weighted by Gasteiger charge is -2.19. The number of halogens is 3. The molecule has 0 fully saturated rings. The van der Waals surface area contributed by atoms with Gasteiger partial charge < -0.3 is 9.52 Å². The van der Waals surface area contributed by atoms with Crippen LogP contribution in [0, 0.1) is 0 Å². The number of nitrogens with zero attached hydrogens (tertiary/aromatic N) is 1. The Kier molecular flexibility index (Phi) is 7.39. The summed E-state index contributed by atoms with van der Waals surface area (Å²) in [5.41, 5.74) is 0.695. The second-order valence-corrected chi connectivity index (χ2v) is 7.69. The molecule has 0 bridgehead atoms. The van der Waals surface area contributed by atoms with E-state index in [0.29, 0.717) is 17.1 Å². The number of carbonyl (C=O) groups excluding carboxylic acids is 1. The molecule has 170 valence electrons. The molecule has 0 aliphatic heterocycles. The highest BCUT2D eigenvalue weighted by atomic mass is 32.2. The summed E-state index contributed by atoms with van der Waals surface area (Å²) < 4.78 is 44.9. The van der Waals surface area contributed by atoms with Crippen LogP contribution in [0.5, 0.6) is 0 Å². The van der Waals surface area contributed by atoms with Gasteiger partial charge in [-0.2, -0.15) is 13.2 Å². The summed E-state index contributed by atoms with van der Waals surface area (Å²) in [5.74, 6) is -1.00. The average molecular weight is 492 g/mol. The van der Waals surface area contributed by atoms with E-state index in [2.05, 4.69) is 0 Å². The standard InChI is InChI=1S/C23H16F3NO4S2/c1-33-20(21(28)27(13-32)17-7-3-6-16(11-17)23(24,25)26)12-18-8-9-19(31-18)14-4-2-5-15(10-14)22(29)30/h2-13H,1H3,(H,29,30)/b20-12+. The van der Waals surface area contributed by atoms with E-state index in [0.717, 1.165) is 34.3 Å². The first-order chi connectivity index (χ1) is 15.6. The lowest BCUT2D eigenvalue weighted by molar-refractivity contribution is -0.137. The molecule has 0 saturated carbocycles. The summed E-state index contributed by atoms with van der Waals surface area (Å²) in [5, 5.41) is 9.15. The molecule has 0 saturated heterocycles. The molecule has 1 N–H and O–H groups in total. The minimum atomic E-state index is -4.56. The third-order valence-electron chi connectivity index (χ3n) is 4.50. The number of anilines is 1. The van der Waals surface area contributed by atoms with Gasteiger partial charge in [-0.15, -0.1) is 11.8 Å². The molecule has 1 aromatic heterocycles. The van der Waals surface area contributed by atoms with Crippen LogP contribution in [0.4, 0.5) is 18.9 Å². The van der Waals surface area contributed by atoms with E-state index in [1.807, 2.05) is 0 Å². The summed E-state index contributed by atoms with van der Waals surface area (Å²) >= 11 is 5.97. The monoisotopic (exact) mass is 491 g/mol. The molecule has 3 aromatic rings. The number of carboxylic acid groups (broad SMARTS) is 1. The Labute approximate surface area is 196 Å². The molecule has 0 aliphatic rings. The quantitative estimate of drug-likeness (QED) is 0.306. The molecular weight excluding hydrogens is 475 g/mol. The van der Waals surface area contributed by atoms with Gasteiger partial charge in [0.1, 0.15) is 11.5 Å². The SMILES string of the molecule is CS/C(=C/c1ccc(-c2cccc(C(=O)O)c2)o1)C(=O)N(C=S)c1cccc(C(F)(F)F)c1. The van der Waals surface area contributed by atoms with Crippen LogP contribution in [0.2, 0.25) is 0 Å². The van der Waals surface area contributed by atoms with E-state index in [-0.39, 0.29) is 16.2 Å². The van der Waals surface area contributed by atoms with Gasteiger partial charge in [0.15, 0.2) is 0 Å². The number of thiocarbonyl (C=S) groups is 1. The summed E-state index contributed by atoms with van der Waals surface area (Å²) in [6, 6.07) is 13.7. The molecule has 33 heavy (non-hydrogen) atoms. The number of carbonyl (C=O) groups is 2. The molecule has 2 aromatic carbocycles. The van der Waals surface area contributed by atoms with Gasteiger partial charge in [-0.1, -0.05) is 30.4 Å². The van der Waals surface area contributed by atoms with Crippen LogP contribution < -0.4 is 4.90 Å². The van der Waals surface area contributed by atoms with Gasteiger partial charge in [0.05, 0.1) is 27.2 Å². The first-order valence-electron chi connectivity index (χ1n) is 9.29. The van der Waals surface area contributed by atoms with E-state index in [4.69, 9.17) is 21.7 Å². The number of rotatable bonds is 7.